The van der Waals surface area contributed by atoms with Gasteiger partial charge in [0.1, 0.15) is 6.54 Å². The van der Waals surface area contributed by atoms with E-state index in [1.165, 1.54) is 0 Å². The molecule has 2 atom stereocenters. The van der Waals surface area contributed by atoms with Crippen LogP contribution in [0.2, 0.25) is 0 Å². The van der Waals surface area contributed by atoms with Gasteiger partial charge in [0.15, 0.2) is 0 Å². The van der Waals surface area contributed by atoms with Crippen molar-refractivity contribution in [1.29, 1.82) is 0 Å². The zero-order chi connectivity index (χ0) is 11.1. The predicted octanol–water partition coefficient (Wildman–Crippen LogP) is -0.351. The fourth-order valence-electron chi connectivity index (χ4n) is 0.771. The van der Waals surface area contributed by atoms with Crippen molar-refractivity contribution in [2.75, 3.05) is 13.2 Å². The molecular weight excluding hydrogens is 184 g/mol. The molecule has 0 saturated carbocycles. The largest absolute Gasteiger partial charge is 0.465 e. The Kier molecular flexibility index (Phi) is 5.87. The number of ether oxygens (including phenoxy) is 1. The quantitative estimate of drug-likeness (QED) is 0.597. The van der Waals surface area contributed by atoms with Crippen LogP contribution in [0.15, 0.2) is 0 Å². The normalized spacial score (nSPS) is 14.3. The minimum absolute atomic E-state index is 0.0935. The second kappa shape index (κ2) is 6.37. The third-order valence-electron chi connectivity index (χ3n) is 1.91. The molecule has 0 aromatic heterocycles. The number of carbonyl (C=O) groups excluding carboxylic acids is 2. The molecule has 0 fully saturated rings. The van der Waals surface area contributed by atoms with Crippen molar-refractivity contribution >= 4 is 11.9 Å². The Labute approximate surface area is 84.0 Å². The number of nitrogens with two attached hydrogens (primary N) is 1. The van der Waals surface area contributed by atoms with E-state index in [4.69, 9.17) is 5.73 Å². The van der Waals surface area contributed by atoms with E-state index in [2.05, 4.69) is 10.1 Å². The van der Waals surface area contributed by atoms with Crippen molar-refractivity contribution in [3.63, 3.8) is 0 Å². The van der Waals surface area contributed by atoms with Crippen LogP contribution in [0.4, 0.5) is 0 Å². The maximum absolute atomic E-state index is 11.3. The number of carbonyl (C=O) groups is 2. The number of amides is 1. The first-order chi connectivity index (χ1) is 6.49. The van der Waals surface area contributed by atoms with Crippen LogP contribution in [-0.4, -0.2) is 31.1 Å². The Morgan fingerprint density at radius 1 is 1.43 bits per heavy atom. The van der Waals surface area contributed by atoms with E-state index < -0.39 is 5.97 Å². The van der Waals surface area contributed by atoms with Gasteiger partial charge in [-0.15, -0.1) is 0 Å². The molecule has 0 aromatic carbocycles. The van der Waals surface area contributed by atoms with Crippen molar-refractivity contribution < 1.29 is 14.3 Å². The molecule has 0 saturated heterocycles. The van der Waals surface area contributed by atoms with Crippen LogP contribution >= 0.6 is 0 Å². The standard InChI is InChI=1S/C9H18N2O3/c1-4-14-8(12)5-11-9(13)6(2)7(3)10/h6-7H,4-5,10H2,1-3H3,(H,11,13). The van der Waals surface area contributed by atoms with E-state index in [-0.39, 0.29) is 24.4 Å². The van der Waals surface area contributed by atoms with Gasteiger partial charge in [-0.3, -0.25) is 9.59 Å². The Hall–Kier alpha value is -1.10. The molecule has 0 radical (unpaired) electrons. The molecule has 3 N–H and O–H groups in total. The molecular formula is C9H18N2O3. The predicted molar refractivity (Wildman–Crippen MR) is 52.5 cm³/mol. The van der Waals surface area contributed by atoms with Gasteiger partial charge in [0.25, 0.3) is 0 Å². The molecule has 1 amide bonds. The van der Waals surface area contributed by atoms with Gasteiger partial charge in [-0.25, -0.2) is 0 Å². The Bertz CT molecular complexity index is 204. The SMILES string of the molecule is CCOC(=O)CNC(=O)C(C)C(C)N. The fraction of sp³-hybridized carbons (Fsp3) is 0.778. The van der Waals surface area contributed by atoms with Crippen LogP contribution in [0.1, 0.15) is 20.8 Å². The van der Waals surface area contributed by atoms with Crippen molar-refractivity contribution in [1.82, 2.24) is 5.32 Å². The molecule has 82 valence electrons. The average Bonchev–Trinajstić information content (AvgIpc) is 2.13. The average molecular weight is 202 g/mol. The molecule has 0 aliphatic heterocycles. The first-order valence-electron chi connectivity index (χ1n) is 4.68. The topological polar surface area (TPSA) is 81.4 Å². The van der Waals surface area contributed by atoms with E-state index in [0.717, 1.165) is 0 Å². The Balaban J connectivity index is 3.79. The second-order valence-corrected chi connectivity index (χ2v) is 3.17. The molecule has 0 heterocycles. The number of hydrogen-bond donors (Lipinski definition) is 2. The summed E-state index contributed by atoms with van der Waals surface area (Å²) in [6, 6.07) is -0.225. The van der Waals surface area contributed by atoms with Gasteiger partial charge >= 0.3 is 5.97 Å². The molecule has 0 bridgehead atoms. The molecule has 5 heteroatoms. The van der Waals surface area contributed by atoms with E-state index >= 15 is 0 Å². The smallest absolute Gasteiger partial charge is 0.325 e. The number of esters is 1. The highest BCUT2D eigenvalue weighted by molar-refractivity contribution is 5.83. The van der Waals surface area contributed by atoms with Gasteiger partial charge in [-0.2, -0.15) is 0 Å². The molecule has 5 nitrogen and oxygen atoms in total. The minimum Gasteiger partial charge on any atom is -0.465 e. The summed E-state index contributed by atoms with van der Waals surface area (Å²) in [4.78, 5) is 22.2. The molecule has 0 rings (SSSR count). The summed E-state index contributed by atoms with van der Waals surface area (Å²) in [7, 11) is 0. The lowest BCUT2D eigenvalue weighted by Gasteiger charge is -2.14. The molecule has 2 unspecified atom stereocenters. The molecule has 0 aromatic rings. The Morgan fingerprint density at radius 2 is 2.00 bits per heavy atom. The lowest BCUT2D eigenvalue weighted by atomic mass is 10.0. The van der Waals surface area contributed by atoms with Gasteiger partial charge < -0.3 is 15.8 Å². The number of hydrogen-bond acceptors (Lipinski definition) is 4. The van der Waals surface area contributed by atoms with Crippen molar-refractivity contribution in [3.05, 3.63) is 0 Å². The van der Waals surface area contributed by atoms with Crippen LogP contribution in [-0.2, 0) is 14.3 Å². The molecule has 0 aliphatic rings. The van der Waals surface area contributed by atoms with Crippen molar-refractivity contribution in [2.24, 2.45) is 11.7 Å². The van der Waals surface area contributed by atoms with Crippen LogP contribution in [0.5, 0.6) is 0 Å². The minimum atomic E-state index is -0.433. The maximum Gasteiger partial charge on any atom is 0.325 e. The van der Waals surface area contributed by atoms with Gasteiger partial charge in [0, 0.05) is 12.0 Å². The highest BCUT2D eigenvalue weighted by Gasteiger charge is 2.17. The summed E-state index contributed by atoms with van der Waals surface area (Å²) in [5.41, 5.74) is 5.52. The van der Waals surface area contributed by atoms with Gasteiger partial charge in [0.2, 0.25) is 5.91 Å². The van der Waals surface area contributed by atoms with Crippen molar-refractivity contribution in [3.8, 4) is 0 Å². The highest BCUT2D eigenvalue weighted by atomic mass is 16.5. The van der Waals surface area contributed by atoms with E-state index in [1.807, 2.05) is 0 Å². The summed E-state index contributed by atoms with van der Waals surface area (Å²) in [6.45, 7) is 5.39. The monoisotopic (exact) mass is 202 g/mol. The first kappa shape index (κ1) is 12.9. The van der Waals surface area contributed by atoms with Gasteiger partial charge in [-0.05, 0) is 13.8 Å². The Morgan fingerprint density at radius 3 is 2.43 bits per heavy atom. The lowest BCUT2D eigenvalue weighted by Crippen LogP contribution is -2.40. The van der Waals surface area contributed by atoms with Crippen LogP contribution < -0.4 is 11.1 Å². The zero-order valence-corrected chi connectivity index (χ0v) is 8.87. The van der Waals surface area contributed by atoms with Crippen LogP contribution in [0, 0.1) is 5.92 Å². The summed E-state index contributed by atoms with van der Waals surface area (Å²) in [5.74, 6) is -0.963. The maximum atomic E-state index is 11.3. The summed E-state index contributed by atoms with van der Waals surface area (Å²) in [5, 5.41) is 2.45. The highest BCUT2D eigenvalue weighted by Crippen LogP contribution is 1.98. The number of nitrogens with one attached hydrogen (secondary N) is 1. The first-order valence-corrected chi connectivity index (χ1v) is 4.68. The summed E-state index contributed by atoms with van der Waals surface area (Å²) < 4.78 is 4.65. The second-order valence-electron chi connectivity index (χ2n) is 3.17. The van der Waals surface area contributed by atoms with Crippen LogP contribution in [0.3, 0.4) is 0 Å². The van der Waals surface area contributed by atoms with Crippen molar-refractivity contribution in [2.45, 2.75) is 26.8 Å². The molecule has 14 heavy (non-hydrogen) atoms. The zero-order valence-electron chi connectivity index (χ0n) is 8.87. The molecule has 0 aliphatic carbocycles. The number of rotatable bonds is 5. The third kappa shape index (κ3) is 4.81. The lowest BCUT2D eigenvalue weighted by molar-refractivity contribution is -0.143. The van der Waals surface area contributed by atoms with E-state index in [1.54, 1.807) is 20.8 Å². The van der Waals surface area contributed by atoms with Crippen LogP contribution in [0.25, 0.3) is 0 Å². The van der Waals surface area contributed by atoms with E-state index in [0.29, 0.717) is 6.61 Å². The third-order valence-corrected chi connectivity index (χ3v) is 1.91. The molecule has 0 spiro atoms. The summed E-state index contributed by atoms with van der Waals surface area (Å²) >= 11 is 0. The summed E-state index contributed by atoms with van der Waals surface area (Å²) in [6.07, 6.45) is 0. The van der Waals surface area contributed by atoms with Gasteiger partial charge in [-0.1, -0.05) is 6.92 Å². The van der Waals surface area contributed by atoms with E-state index in [9.17, 15) is 9.59 Å². The fourth-order valence-corrected chi connectivity index (χ4v) is 0.771. The van der Waals surface area contributed by atoms with Gasteiger partial charge in [0.05, 0.1) is 6.61 Å².